The first-order valence-electron chi connectivity index (χ1n) is 9.06. The summed E-state index contributed by atoms with van der Waals surface area (Å²) >= 11 is 0. The molecule has 0 atom stereocenters. The maximum absolute atomic E-state index is 10.9. The quantitative estimate of drug-likeness (QED) is 0.798. The molecule has 1 saturated heterocycles. The number of hydrogen-bond acceptors (Lipinski definition) is 5. The molecule has 0 unspecified atom stereocenters. The molecule has 1 fully saturated rings. The Labute approximate surface area is 154 Å². The third-order valence-electron chi connectivity index (χ3n) is 4.99. The lowest BCUT2D eigenvalue weighted by Crippen LogP contribution is -2.46. The fraction of sp³-hybridized carbons (Fsp3) is 0.429. The molecule has 0 radical (unpaired) electrons. The van der Waals surface area contributed by atoms with E-state index in [2.05, 4.69) is 4.90 Å². The summed E-state index contributed by atoms with van der Waals surface area (Å²) in [6, 6.07) is 14.7. The van der Waals surface area contributed by atoms with Crippen LogP contribution in [-0.2, 0) is 6.42 Å². The smallest absolute Gasteiger partial charge is 0.119 e. The third-order valence-corrected chi connectivity index (χ3v) is 4.99. The van der Waals surface area contributed by atoms with Gasteiger partial charge in [0.25, 0.3) is 0 Å². The summed E-state index contributed by atoms with van der Waals surface area (Å²) in [5.41, 5.74) is 0.500. The van der Waals surface area contributed by atoms with Gasteiger partial charge in [0.2, 0.25) is 0 Å². The molecular weight excluding hydrogens is 330 g/mol. The Kier molecular flexibility index (Phi) is 6.01. The van der Waals surface area contributed by atoms with Crippen LogP contribution in [0.4, 0.5) is 0 Å². The maximum Gasteiger partial charge on any atom is 0.119 e. The molecule has 0 saturated carbocycles. The van der Waals surface area contributed by atoms with Crippen molar-refractivity contribution in [2.45, 2.75) is 24.9 Å². The monoisotopic (exact) mass is 357 g/mol. The average molecular weight is 357 g/mol. The highest BCUT2D eigenvalue weighted by Gasteiger charge is 2.32. The lowest BCUT2D eigenvalue weighted by molar-refractivity contribution is -0.0226. The number of hydrogen-bond donors (Lipinski definition) is 2. The second-order valence-corrected chi connectivity index (χ2v) is 6.93. The number of phenolic OH excluding ortho intramolecular Hbond substituents is 1. The fourth-order valence-corrected chi connectivity index (χ4v) is 3.33. The van der Waals surface area contributed by atoms with Gasteiger partial charge in [-0.2, -0.15) is 0 Å². The van der Waals surface area contributed by atoms with Crippen molar-refractivity contribution in [3.63, 3.8) is 0 Å². The zero-order valence-corrected chi connectivity index (χ0v) is 15.2. The standard InChI is InChI=1S/C21H27NO4/c1-25-19-6-2-17(3-7-19)16-21(24)10-12-22(13-11-21)14-15-26-20-8-4-18(23)5-9-20/h2-9,23-24H,10-16H2,1H3. The number of piperidine rings is 1. The Hall–Kier alpha value is -2.24. The average Bonchev–Trinajstić information content (AvgIpc) is 2.66. The van der Waals surface area contributed by atoms with Crippen LogP contribution in [0, 0.1) is 0 Å². The minimum Gasteiger partial charge on any atom is -0.508 e. The van der Waals surface area contributed by atoms with Gasteiger partial charge in [0.05, 0.1) is 12.7 Å². The molecule has 1 aliphatic rings. The molecule has 140 valence electrons. The van der Waals surface area contributed by atoms with E-state index in [4.69, 9.17) is 9.47 Å². The molecule has 2 aromatic rings. The maximum atomic E-state index is 10.9. The van der Waals surface area contributed by atoms with Crippen LogP contribution in [0.2, 0.25) is 0 Å². The van der Waals surface area contributed by atoms with Gasteiger partial charge >= 0.3 is 0 Å². The van der Waals surface area contributed by atoms with Crippen LogP contribution >= 0.6 is 0 Å². The van der Waals surface area contributed by atoms with Crippen LogP contribution in [0.1, 0.15) is 18.4 Å². The first-order chi connectivity index (χ1) is 12.6. The topological polar surface area (TPSA) is 62.2 Å². The number of nitrogens with zero attached hydrogens (tertiary/aromatic N) is 1. The summed E-state index contributed by atoms with van der Waals surface area (Å²) < 4.78 is 10.9. The Morgan fingerprint density at radius 2 is 1.58 bits per heavy atom. The minimum atomic E-state index is -0.636. The summed E-state index contributed by atoms with van der Waals surface area (Å²) in [6.45, 7) is 3.17. The Morgan fingerprint density at radius 1 is 0.962 bits per heavy atom. The van der Waals surface area contributed by atoms with Crippen LogP contribution in [-0.4, -0.2) is 54.1 Å². The van der Waals surface area contributed by atoms with Crippen molar-refractivity contribution in [2.75, 3.05) is 33.4 Å². The van der Waals surface area contributed by atoms with Crippen LogP contribution in [0.5, 0.6) is 17.2 Å². The van der Waals surface area contributed by atoms with Gasteiger partial charge in [-0.15, -0.1) is 0 Å². The highest BCUT2D eigenvalue weighted by molar-refractivity contribution is 5.30. The lowest BCUT2D eigenvalue weighted by atomic mass is 9.85. The fourth-order valence-electron chi connectivity index (χ4n) is 3.33. The number of likely N-dealkylation sites (tertiary alicyclic amines) is 1. The predicted octanol–water partition coefficient (Wildman–Crippen LogP) is 2.85. The molecule has 26 heavy (non-hydrogen) atoms. The van der Waals surface area contributed by atoms with Crippen LogP contribution in [0.3, 0.4) is 0 Å². The van der Waals surface area contributed by atoms with Crippen LogP contribution in [0.15, 0.2) is 48.5 Å². The number of rotatable bonds is 7. The zero-order valence-electron chi connectivity index (χ0n) is 15.2. The van der Waals surface area contributed by atoms with Crippen molar-refractivity contribution < 1.29 is 19.7 Å². The first-order valence-corrected chi connectivity index (χ1v) is 9.06. The highest BCUT2D eigenvalue weighted by Crippen LogP contribution is 2.27. The highest BCUT2D eigenvalue weighted by atomic mass is 16.5. The summed E-state index contributed by atoms with van der Waals surface area (Å²) in [7, 11) is 1.66. The van der Waals surface area contributed by atoms with Crippen LogP contribution in [0.25, 0.3) is 0 Å². The van der Waals surface area contributed by atoms with Gasteiger partial charge in [-0.05, 0) is 54.8 Å². The number of aliphatic hydroxyl groups is 1. The van der Waals surface area contributed by atoms with Gasteiger partial charge in [-0.25, -0.2) is 0 Å². The molecule has 0 aliphatic carbocycles. The zero-order chi connectivity index (χ0) is 18.4. The minimum absolute atomic E-state index is 0.240. The number of benzene rings is 2. The van der Waals surface area contributed by atoms with Gasteiger partial charge in [0.1, 0.15) is 23.9 Å². The summed E-state index contributed by atoms with van der Waals surface area (Å²) in [5, 5.41) is 20.2. The predicted molar refractivity (Wildman–Crippen MR) is 101 cm³/mol. The van der Waals surface area contributed by atoms with Gasteiger partial charge in [0, 0.05) is 26.1 Å². The van der Waals surface area contributed by atoms with Crippen molar-refractivity contribution in [1.82, 2.24) is 4.90 Å². The van der Waals surface area contributed by atoms with E-state index >= 15 is 0 Å². The molecule has 2 N–H and O–H groups in total. The van der Waals surface area contributed by atoms with E-state index in [0.29, 0.717) is 13.0 Å². The number of ether oxygens (including phenoxy) is 2. The van der Waals surface area contributed by atoms with E-state index in [1.165, 1.54) is 0 Å². The van der Waals surface area contributed by atoms with Crippen molar-refractivity contribution in [3.05, 3.63) is 54.1 Å². The van der Waals surface area contributed by atoms with E-state index in [1.54, 1.807) is 31.4 Å². The third kappa shape index (κ3) is 5.13. The normalized spacial score (nSPS) is 17.0. The summed E-state index contributed by atoms with van der Waals surface area (Å²) in [5.74, 6) is 1.84. The second kappa shape index (κ2) is 8.43. The largest absolute Gasteiger partial charge is 0.508 e. The molecular formula is C21H27NO4. The van der Waals surface area contributed by atoms with Gasteiger partial charge < -0.3 is 19.7 Å². The molecule has 5 heteroatoms. The second-order valence-electron chi connectivity index (χ2n) is 6.93. The van der Waals surface area contributed by atoms with Gasteiger partial charge in [-0.3, -0.25) is 4.90 Å². The molecule has 0 aromatic heterocycles. The van der Waals surface area contributed by atoms with E-state index < -0.39 is 5.60 Å². The molecule has 2 aromatic carbocycles. The van der Waals surface area contributed by atoms with Crippen molar-refractivity contribution >= 4 is 0 Å². The van der Waals surface area contributed by atoms with Gasteiger partial charge in [-0.1, -0.05) is 12.1 Å². The van der Waals surface area contributed by atoms with Crippen molar-refractivity contribution in [2.24, 2.45) is 0 Å². The van der Waals surface area contributed by atoms with Crippen molar-refractivity contribution in [1.29, 1.82) is 0 Å². The van der Waals surface area contributed by atoms with Gasteiger partial charge in [0.15, 0.2) is 0 Å². The molecule has 0 bridgehead atoms. The summed E-state index contributed by atoms with van der Waals surface area (Å²) in [4.78, 5) is 2.32. The molecule has 1 heterocycles. The molecule has 1 aliphatic heterocycles. The van der Waals surface area contributed by atoms with E-state index in [1.807, 2.05) is 24.3 Å². The van der Waals surface area contributed by atoms with E-state index in [-0.39, 0.29) is 5.75 Å². The molecule has 3 rings (SSSR count). The van der Waals surface area contributed by atoms with Crippen LogP contribution < -0.4 is 9.47 Å². The first kappa shape index (κ1) is 18.5. The Bertz CT molecular complexity index is 676. The number of methoxy groups -OCH3 is 1. The molecule has 0 spiro atoms. The van der Waals surface area contributed by atoms with Crippen molar-refractivity contribution in [3.8, 4) is 17.2 Å². The number of phenols is 1. The molecule has 5 nitrogen and oxygen atoms in total. The van der Waals surface area contributed by atoms with E-state index in [0.717, 1.165) is 49.5 Å². The molecule has 0 amide bonds. The summed E-state index contributed by atoms with van der Waals surface area (Å²) in [6.07, 6.45) is 2.20. The lowest BCUT2D eigenvalue weighted by Gasteiger charge is -2.38. The SMILES string of the molecule is COc1ccc(CC2(O)CCN(CCOc3ccc(O)cc3)CC2)cc1. The van der Waals surface area contributed by atoms with E-state index in [9.17, 15) is 10.2 Å². The Balaban J connectivity index is 1.41. The number of aromatic hydroxyl groups is 1. The Morgan fingerprint density at radius 3 is 2.19 bits per heavy atom.